The van der Waals surface area contributed by atoms with Gasteiger partial charge in [0.2, 0.25) is 5.91 Å². The van der Waals surface area contributed by atoms with Gasteiger partial charge in [0.25, 0.3) is 5.56 Å². The number of aromatic nitrogens is 2. The summed E-state index contributed by atoms with van der Waals surface area (Å²) in [6.07, 6.45) is 5.66. The van der Waals surface area contributed by atoms with Crippen molar-refractivity contribution in [1.29, 1.82) is 0 Å². The van der Waals surface area contributed by atoms with Gasteiger partial charge in [-0.25, -0.2) is 4.98 Å². The first-order chi connectivity index (χ1) is 12.2. The lowest BCUT2D eigenvalue weighted by Gasteiger charge is -2.19. The maximum Gasteiger partial charge on any atom is 0.269 e. The van der Waals surface area contributed by atoms with Crippen LogP contribution in [0.5, 0.6) is 0 Å². The molecule has 1 heterocycles. The average Bonchev–Trinajstić information content (AvgIpc) is 2.64. The van der Waals surface area contributed by atoms with Crippen molar-refractivity contribution < 1.29 is 4.79 Å². The van der Waals surface area contributed by atoms with Gasteiger partial charge < -0.3 is 5.32 Å². The van der Waals surface area contributed by atoms with E-state index in [2.05, 4.69) is 16.4 Å². The second-order valence-corrected chi connectivity index (χ2v) is 6.37. The van der Waals surface area contributed by atoms with E-state index >= 15 is 0 Å². The summed E-state index contributed by atoms with van der Waals surface area (Å²) in [6, 6.07) is 13.4. The number of carbonyl (C=O) groups excluding carboxylic acids is 1. The fourth-order valence-corrected chi connectivity index (χ4v) is 3.51. The van der Waals surface area contributed by atoms with E-state index in [9.17, 15) is 9.59 Å². The van der Waals surface area contributed by atoms with Gasteiger partial charge in [0.15, 0.2) is 0 Å². The van der Waals surface area contributed by atoms with Crippen LogP contribution >= 0.6 is 0 Å². The van der Waals surface area contributed by atoms with E-state index in [0.29, 0.717) is 11.0 Å². The van der Waals surface area contributed by atoms with E-state index in [1.54, 1.807) is 6.07 Å². The molecule has 0 fully saturated rings. The molecule has 0 unspecified atom stereocenters. The number of amides is 1. The fourth-order valence-electron chi connectivity index (χ4n) is 3.51. The molecule has 3 aromatic rings. The Balaban J connectivity index is 1.62. The maximum atomic E-state index is 12.6. The topological polar surface area (TPSA) is 64.0 Å². The Morgan fingerprint density at radius 1 is 1.08 bits per heavy atom. The summed E-state index contributed by atoms with van der Waals surface area (Å²) in [5.41, 5.74) is 4.51. The SMILES string of the molecule is O=C(Cn1c(=O)cnc2ccccc21)Nc1cccc2c1CCCC2. The van der Waals surface area contributed by atoms with Crippen LogP contribution in [-0.4, -0.2) is 15.5 Å². The molecule has 1 aliphatic rings. The molecule has 2 aromatic carbocycles. The van der Waals surface area contributed by atoms with Crippen molar-refractivity contribution in [2.75, 3.05) is 5.32 Å². The Kier molecular flexibility index (Phi) is 4.06. The molecule has 1 aromatic heterocycles. The Labute approximate surface area is 145 Å². The molecule has 0 saturated carbocycles. The van der Waals surface area contributed by atoms with Gasteiger partial charge in [-0.3, -0.25) is 14.2 Å². The Hall–Kier alpha value is -2.95. The average molecular weight is 333 g/mol. The largest absolute Gasteiger partial charge is 0.324 e. The third kappa shape index (κ3) is 3.05. The lowest BCUT2D eigenvalue weighted by Crippen LogP contribution is -2.28. The van der Waals surface area contributed by atoms with E-state index in [1.165, 1.54) is 28.3 Å². The summed E-state index contributed by atoms with van der Waals surface area (Å²) in [7, 11) is 0. The molecule has 0 radical (unpaired) electrons. The van der Waals surface area contributed by atoms with E-state index < -0.39 is 0 Å². The number of para-hydroxylation sites is 2. The summed E-state index contributed by atoms with van der Waals surface area (Å²) in [5, 5.41) is 2.99. The smallest absolute Gasteiger partial charge is 0.269 e. The molecule has 1 amide bonds. The van der Waals surface area contributed by atoms with Gasteiger partial charge in [-0.2, -0.15) is 0 Å². The highest BCUT2D eigenvalue weighted by Gasteiger charge is 2.15. The van der Waals surface area contributed by atoms with Gasteiger partial charge in [-0.15, -0.1) is 0 Å². The molecule has 0 spiro atoms. The second kappa shape index (κ2) is 6.51. The standard InChI is InChI=1S/C20H19N3O2/c24-19(22-16-10-5-7-14-6-1-2-8-15(14)16)13-23-18-11-4-3-9-17(18)21-12-20(23)25/h3-5,7,9-12H,1-2,6,8,13H2,(H,22,24). The fraction of sp³-hybridized carbons (Fsp3) is 0.250. The van der Waals surface area contributed by atoms with Crippen LogP contribution in [0.4, 0.5) is 5.69 Å². The summed E-state index contributed by atoms with van der Waals surface area (Å²) >= 11 is 0. The van der Waals surface area contributed by atoms with Gasteiger partial charge in [0.1, 0.15) is 6.54 Å². The molecule has 1 N–H and O–H groups in total. The van der Waals surface area contributed by atoms with Gasteiger partial charge in [0.05, 0.1) is 17.2 Å². The molecule has 126 valence electrons. The highest BCUT2D eigenvalue weighted by molar-refractivity contribution is 5.92. The normalized spacial score (nSPS) is 13.4. The first kappa shape index (κ1) is 15.6. The summed E-state index contributed by atoms with van der Waals surface area (Å²) < 4.78 is 1.47. The number of hydrogen-bond acceptors (Lipinski definition) is 3. The van der Waals surface area contributed by atoms with Gasteiger partial charge in [-0.05, 0) is 55.0 Å². The third-order valence-corrected chi connectivity index (χ3v) is 4.72. The summed E-state index contributed by atoms with van der Waals surface area (Å²) in [5.74, 6) is -0.197. The van der Waals surface area contributed by atoms with Crippen LogP contribution in [0.3, 0.4) is 0 Å². The van der Waals surface area contributed by atoms with Crippen molar-refractivity contribution in [2.24, 2.45) is 0 Å². The van der Waals surface area contributed by atoms with Crippen molar-refractivity contribution in [3.63, 3.8) is 0 Å². The van der Waals surface area contributed by atoms with Crippen LogP contribution in [-0.2, 0) is 24.2 Å². The quantitative estimate of drug-likeness (QED) is 0.801. The van der Waals surface area contributed by atoms with Crippen molar-refractivity contribution >= 4 is 22.6 Å². The van der Waals surface area contributed by atoms with Crippen molar-refractivity contribution in [3.05, 3.63) is 70.1 Å². The predicted molar refractivity (Wildman–Crippen MR) is 97.7 cm³/mol. The monoisotopic (exact) mass is 333 g/mol. The molecule has 0 atom stereocenters. The number of rotatable bonds is 3. The highest BCUT2D eigenvalue weighted by atomic mass is 16.2. The van der Waals surface area contributed by atoms with E-state index in [4.69, 9.17) is 0 Å². The minimum absolute atomic E-state index is 0.0223. The van der Waals surface area contributed by atoms with Crippen molar-refractivity contribution in [3.8, 4) is 0 Å². The number of aryl methyl sites for hydroxylation is 1. The predicted octanol–water partition coefficient (Wildman–Crippen LogP) is 2.91. The van der Waals surface area contributed by atoms with Gasteiger partial charge >= 0.3 is 0 Å². The number of nitrogens with zero attached hydrogens (tertiary/aromatic N) is 2. The molecule has 4 rings (SSSR count). The number of carbonyl (C=O) groups is 1. The maximum absolute atomic E-state index is 12.6. The zero-order valence-corrected chi connectivity index (χ0v) is 13.9. The van der Waals surface area contributed by atoms with E-state index in [1.807, 2.05) is 30.3 Å². The Morgan fingerprint density at radius 3 is 2.84 bits per heavy atom. The highest BCUT2D eigenvalue weighted by Crippen LogP contribution is 2.27. The van der Waals surface area contributed by atoms with E-state index in [-0.39, 0.29) is 18.0 Å². The first-order valence-corrected chi connectivity index (χ1v) is 8.57. The zero-order chi connectivity index (χ0) is 17.2. The van der Waals surface area contributed by atoms with Crippen LogP contribution in [0.2, 0.25) is 0 Å². The lowest BCUT2D eigenvalue weighted by atomic mass is 9.90. The lowest BCUT2D eigenvalue weighted by molar-refractivity contribution is -0.116. The molecule has 5 heteroatoms. The molecular weight excluding hydrogens is 314 g/mol. The molecule has 5 nitrogen and oxygen atoms in total. The number of nitrogens with one attached hydrogen (secondary N) is 1. The Morgan fingerprint density at radius 2 is 1.92 bits per heavy atom. The number of anilines is 1. The summed E-state index contributed by atoms with van der Waals surface area (Å²) in [6.45, 7) is -0.0223. The minimum Gasteiger partial charge on any atom is -0.324 e. The molecule has 1 aliphatic carbocycles. The molecule has 0 bridgehead atoms. The molecule has 0 aliphatic heterocycles. The van der Waals surface area contributed by atoms with E-state index in [0.717, 1.165) is 24.9 Å². The molecule has 0 saturated heterocycles. The van der Waals surface area contributed by atoms with Gasteiger partial charge in [0, 0.05) is 5.69 Å². The number of fused-ring (bicyclic) bond motifs is 2. The zero-order valence-electron chi connectivity index (χ0n) is 13.9. The van der Waals surface area contributed by atoms with Crippen molar-refractivity contribution in [1.82, 2.24) is 9.55 Å². The van der Waals surface area contributed by atoms with Crippen LogP contribution < -0.4 is 10.9 Å². The van der Waals surface area contributed by atoms with Crippen LogP contribution in [0.1, 0.15) is 24.0 Å². The minimum atomic E-state index is -0.274. The van der Waals surface area contributed by atoms with Crippen LogP contribution in [0, 0.1) is 0 Å². The second-order valence-electron chi connectivity index (χ2n) is 6.37. The van der Waals surface area contributed by atoms with Crippen LogP contribution in [0.15, 0.2) is 53.5 Å². The van der Waals surface area contributed by atoms with Crippen LogP contribution in [0.25, 0.3) is 11.0 Å². The summed E-state index contributed by atoms with van der Waals surface area (Å²) in [4.78, 5) is 28.9. The third-order valence-electron chi connectivity index (χ3n) is 4.72. The number of hydrogen-bond donors (Lipinski definition) is 1. The van der Waals surface area contributed by atoms with Gasteiger partial charge in [-0.1, -0.05) is 24.3 Å². The van der Waals surface area contributed by atoms with Crippen molar-refractivity contribution in [2.45, 2.75) is 32.2 Å². The molecule has 25 heavy (non-hydrogen) atoms. The first-order valence-electron chi connectivity index (χ1n) is 8.57. The number of benzene rings is 2. The molecular formula is C20H19N3O2. The Bertz CT molecular complexity index is 1010.